The van der Waals surface area contributed by atoms with E-state index in [2.05, 4.69) is 20.3 Å². The SMILES string of the molecule is O=C(Nc1ccc2nc(C(F)F)[nH]c2c1)c1cc(-n2ccnc2)ccc1O. The summed E-state index contributed by atoms with van der Waals surface area (Å²) in [6, 6.07) is 9.16. The van der Waals surface area contributed by atoms with Gasteiger partial charge in [-0.05, 0) is 36.4 Å². The number of phenolic OH excluding ortho intramolecular Hbond substituents is 1. The van der Waals surface area contributed by atoms with Crippen molar-refractivity contribution in [3.8, 4) is 11.4 Å². The minimum Gasteiger partial charge on any atom is -0.507 e. The number of H-pyrrole nitrogens is 1. The number of rotatable bonds is 4. The number of hydrogen-bond acceptors (Lipinski definition) is 4. The fraction of sp³-hybridized carbons (Fsp3) is 0.0556. The second-order valence-corrected chi connectivity index (χ2v) is 5.78. The van der Waals surface area contributed by atoms with E-state index in [1.807, 2.05) is 0 Å². The van der Waals surface area contributed by atoms with Gasteiger partial charge in [-0.15, -0.1) is 0 Å². The van der Waals surface area contributed by atoms with Crippen LogP contribution >= 0.6 is 0 Å². The van der Waals surface area contributed by atoms with Gasteiger partial charge in [-0.25, -0.2) is 18.7 Å². The van der Waals surface area contributed by atoms with Gasteiger partial charge in [-0.2, -0.15) is 0 Å². The Bertz CT molecular complexity index is 1120. The molecule has 9 heteroatoms. The van der Waals surface area contributed by atoms with Gasteiger partial charge in [0.1, 0.15) is 5.75 Å². The van der Waals surface area contributed by atoms with Gasteiger partial charge in [-0.3, -0.25) is 4.79 Å². The van der Waals surface area contributed by atoms with Gasteiger partial charge < -0.3 is 20.0 Å². The number of hydrogen-bond donors (Lipinski definition) is 3. The van der Waals surface area contributed by atoms with Crippen molar-refractivity contribution < 1.29 is 18.7 Å². The predicted molar refractivity (Wildman–Crippen MR) is 94.2 cm³/mol. The molecule has 0 saturated carbocycles. The highest BCUT2D eigenvalue weighted by atomic mass is 19.3. The molecule has 2 aromatic carbocycles. The number of nitrogens with zero attached hydrogens (tertiary/aromatic N) is 3. The number of halogens is 2. The summed E-state index contributed by atoms with van der Waals surface area (Å²) in [6.45, 7) is 0. The number of nitrogens with one attached hydrogen (secondary N) is 2. The Labute approximate surface area is 151 Å². The lowest BCUT2D eigenvalue weighted by atomic mass is 10.1. The van der Waals surface area contributed by atoms with E-state index < -0.39 is 18.2 Å². The van der Waals surface area contributed by atoms with Gasteiger partial charge in [0.2, 0.25) is 0 Å². The third kappa shape index (κ3) is 3.22. The summed E-state index contributed by atoms with van der Waals surface area (Å²) in [5.74, 6) is -1.15. The van der Waals surface area contributed by atoms with E-state index in [1.54, 1.807) is 35.4 Å². The summed E-state index contributed by atoms with van der Waals surface area (Å²) in [7, 11) is 0. The molecule has 27 heavy (non-hydrogen) atoms. The Hall–Kier alpha value is -3.75. The first kappa shape index (κ1) is 16.7. The van der Waals surface area contributed by atoms with E-state index in [9.17, 15) is 18.7 Å². The molecule has 0 radical (unpaired) electrons. The first-order valence-electron chi connectivity index (χ1n) is 7.92. The Morgan fingerprint density at radius 2 is 2.07 bits per heavy atom. The van der Waals surface area contributed by atoms with Crippen LogP contribution in [0.3, 0.4) is 0 Å². The standard InChI is InChI=1S/C18H13F2N5O2/c19-16(20)17-23-13-3-1-10(7-14(13)24-17)22-18(27)12-8-11(2-4-15(12)26)25-6-5-21-9-25/h1-9,16,26H,(H,22,27)(H,23,24). The zero-order chi connectivity index (χ0) is 19.0. The number of aromatic amines is 1. The van der Waals surface area contributed by atoms with Crippen molar-refractivity contribution in [2.45, 2.75) is 6.43 Å². The van der Waals surface area contributed by atoms with E-state index >= 15 is 0 Å². The molecule has 136 valence electrons. The van der Waals surface area contributed by atoms with Crippen LogP contribution < -0.4 is 5.32 Å². The average Bonchev–Trinajstić information content (AvgIpc) is 3.31. The molecule has 0 unspecified atom stereocenters. The van der Waals surface area contributed by atoms with Crippen molar-refractivity contribution in [1.29, 1.82) is 0 Å². The van der Waals surface area contributed by atoms with Gasteiger partial charge in [-0.1, -0.05) is 0 Å². The molecule has 0 fully saturated rings. The molecule has 2 heterocycles. The average molecular weight is 369 g/mol. The Morgan fingerprint density at radius 3 is 2.81 bits per heavy atom. The van der Waals surface area contributed by atoms with Crippen LogP contribution in [0.5, 0.6) is 5.75 Å². The van der Waals surface area contributed by atoms with Gasteiger partial charge in [0.25, 0.3) is 12.3 Å². The first-order valence-corrected chi connectivity index (χ1v) is 7.92. The minimum absolute atomic E-state index is 0.0687. The number of carbonyl (C=O) groups is 1. The summed E-state index contributed by atoms with van der Waals surface area (Å²) in [5.41, 5.74) is 1.84. The molecule has 1 amide bonds. The van der Waals surface area contributed by atoms with E-state index in [4.69, 9.17) is 0 Å². The van der Waals surface area contributed by atoms with E-state index in [1.165, 1.54) is 24.3 Å². The zero-order valence-corrected chi connectivity index (χ0v) is 13.7. The molecule has 0 saturated heterocycles. The highest BCUT2D eigenvalue weighted by Gasteiger charge is 2.15. The molecule has 0 spiro atoms. The van der Waals surface area contributed by atoms with Crippen molar-refractivity contribution in [1.82, 2.24) is 19.5 Å². The van der Waals surface area contributed by atoms with Crippen molar-refractivity contribution in [3.63, 3.8) is 0 Å². The van der Waals surface area contributed by atoms with Crippen LogP contribution in [-0.4, -0.2) is 30.5 Å². The molecule has 2 aromatic heterocycles. The molecule has 3 N–H and O–H groups in total. The van der Waals surface area contributed by atoms with Crippen LogP contribution in [0.25, 0.3) is 16.7 Å². The fourth-order valence-corrected chi connectivity index (χ4v) is 2.69. The highest BCUT2D eigenvalue weighted by molar-refractivity contribution is 6.07. The number of aromatic nitrogens is 4. The second-order valence-electron chi connectivity index (χ2n) is 5.78. The molecule has 7 nitrogen and oxygen atoms in total. The van der Waals surface area contributed by atoms with Crippen molar-refractivity contribution >= 4 is 22.6 Å². The number of fused-ring (bicyclic) bond motifs is 1. The molecular formula is C18H13F2N5O2. The summed E-state index contributed by atoms with van der Waals surface area (Å²) < 4.78 is 27.2. The maximum atomic E-state index is 12.7. The molecule has 0 bridgehead atoms. The predicted octanol–water partition coefficient (Wildman–Crippen LogP) is 3.64. The Kier molecular flexibility index (Phi) is 4.03. The number of alkyl halides is 2. The molecule has 0 atom stereocenters. The van der Waals surface area contributed by atoms with E-state index in [-0.39, 0.29) is 11.3 Å². The fourth-order valence-electron chi connectivity index (χ4n) is 2.69. The largest absolute Gasteiger partial charge is 0.507 e. The molecule has 0 aliphatic rings. The van der Waals surface area contributed by atoms with Crippen molar-refractivity contribution in [2.24, 2.45) is 0 Å². The van der Waals surface area contributed by atoms with Crippen LogP contribution in [0.15, 0.2) is 55.1 Å². The summed E-state index contributed by atoms with van der Waals surface area (Å²) >= 11 is 0. The quantitative estimate of drug-likeness (QED) is 0.512. The molecule has 4 aromatic rings. The van der Waals surface area contributed by atoms with Gasteiger partial charge in [0.05, 0.1) is 22.9 Å². The van der Waals surface area contributed by atoms with Crippen LogP contribution in [0.4, 0.5) is 14.5 Å². The molecular weight excluding hydrogens is 356 g/mol. The van der Waals surface area contributed by atoms with Crippen LogP contribution in [0.2, 0.25) is 0 Å². The smallest absolute Gasteiger partial charge is 0.295 e. The van der Waals surface area contributed by atoms with Gasteiger partial charge in [0, 0.05) is 23.8 Å². The normalized spacial score (nSPS) is 11.2. The molecule has 4 rings (SSSR count). The van der Waals surface area contributed by atoms with Crippen LogP contribution in [0, 0.1) is 0 Å². The summed E-state index contributed by atoms with van der Waals surface area (Å²) in [4.78, 5) is 22.8. The number of phenols is 1. The third-order valence-corrected chi connectivity index (χ3v) is 3.99. The van der Waals surface area contributed by atoms with Crippen molar-refractivity contribution in [2.75, 3.05) is 5.32 Å². The lowest BCUT2D eigenvalue weighted by molar-refractivity contribution is 0.102. The maximum absolute atomic E-state index is 12.7. The Morgan fingerprint density at radius 1 is 1.22 bits per heavy atom. The van der Waals surface area contributed by atoms with Crippen molar-refractivity contribution in [3.05, 3.63) is 66.5 Å². The number of anilines is 1. The van der Waals surface area contributed by atoms with Gasteiger partial charge in [0.15, 0.2) is 5.82 Å². The topological polar surface area (TPSA) is 95.8 Å². The highest BCUT2D eigenvalue weighted by Crippen LogP contribution is 2.25. The summed E-state index contributed by atoms with van der Waals surface area (Å²) in [5, 5.41) is 12.7. The molecule has 0 aliphatic heterocycles. The number of carbonyl (C=O) groups excluding carboxylic acids is 1. The number of amides is 1. The second kappa shape index (κ2) is 6.52. The lowest BCUT2D eigenvalue weighted by Crippen LogP contribution is -2.12. The third-order valence-electron chi connectivity index (χ3n) is 3.99. The van der Waals surface area contributed by atoms with Gasteiger partial charge >= 0.3 is 0 Å². The first-order chi connectivity index (χ1) is 13.0. The monoisotopic (exact) mass is 369 g/mol. The minimum atomic E-state index is -2.71. The number of imidazole rings is 2. The van der Waals surface area contributed by atoms with E-state index in [0.29, 0.717) is 22.4 Å². The van der Waals surface area contributed by atoms with E-state index in [0.717, 1.165) is 0 Å². The number of benzene rings is 2. The molecule has 0 aliphatic carbocycles. The maximum Gasteiger partial charge on any atom is 0.295 e. The summed E-state index contributed by atoms with van der Waals surface area (Å²) in [6.07, 6.45) is 2.17. The zero-order valence-electron chi connectivity index (χ0n) is 13.7. The van der Waals surface area contributed by atoms with Crippen LogP contribution in [0.1, 0.15) is 22.6 Å². The van der Waals surface area contributed by atoms with Crippen LogP contribution in [-0.2, 0) is 0 Å². The number of aromatic hydroxyl groups is 1. The Balaban J connectivity index is 1.62. The lowest BCUT2D eigenvalue weighted by Gasteiger charge is -2.09.